The maximum Gasteiger partial charge on any atom is 0.233 e. The number of amides is 2. The monoisotopic (exact) mass is 355 g/mol. The predicted octanol–water partition coefficient (Wildman–Crippen LogP) is 1.13. The molecule has 0 aliphatic carbocycles. The SMILES string of the molecule is COc1ccc(NC(=O)CC(=O)NCCN2CCOCC2)cc1Cl. The molecule has 0 spiro atoms. The normalized spacial score (nSPS) is 14.9. The Morgan fingerprint density at radius 2 is 2.04 bits per heavy atom. The third-order valence-electron chi connectivity index (χ3n) is 3.61. The Morgan fingerprint density at radius 1 is 1.29 bits per heavy atom. The topological polar surface area (TPSA) is 79.9 Å². The lowest BCUT2D eigenvalue weighted by Crippen LogP contribution is -2.41. The van der Waals surface area contributed by atoms with E-state index in [0.29, 0.717) is 23.0 Å². The van der Waals surface area contributed by atoms with Gasteiger partial charge < -0.3 is 20.1 Å². The summed E-state index contributed by atoms with van der Waals surface area (Å²) in [5.41, 5.74) is 0.520. The van der Waals surface area contributed by atoms with Gasteiger partial charge >= 0.3 is 0 Å². The van der Waals surface area contributed by atoms with Crippen LogP contribution in [0.5, 0.6) is 5.75 Å². The molecule has 1 heterocycles. The van der Waals surface area contributed by atoms with Crippen LogP contribution in [-0.2, 0) is 14.3 Å². The van der Waals surface area contributed by atoms with Crippen molar-refractivity contribution in [2.45, 2.75) is 6.42 Å². The first-order valence-corrected chi connectivity index (χ1v) is 8.16. The van der Waals surface area contributed by atoms with Crippen LogP contribution < -0.4 is 15.4 Å². The second kappa shape index (κ2) is 9.46. The van der Waals surface area contributed by atoms with E-state index in [4.69, 9.17) is 21.1 Å². The van der Waals surface area contributed by atoms with E-state index in [0.717, 1.165) is 32.8 Å². The summed E-state index contributed by atoms with van der Waals surface area (Å²) in [5.74, 6) is -0.170. The molecule has 132 valence electrons. The minimum Gasteiger partial charge on any atom is -0.495 e. The number of hydrogen-bond acceptors (Lipinski definition) is 5. The zero-order valence-corrected chi connectivity index (χ0v) is 14.4. The van der Waals surface area contributed by atoms with Crippen LogP contribution in [0.15, 0.2) is 18.2 Å². The summed E-state index contributed by atoms with van der Waals surface area (Å²) in [4.78, 5) is 25.9. The Balaban J connectivity index is 1.69. The highest BCUT2D eigenvalue weighted by atomic mass is 35.5. The molecule has 1 saturated heterocycles. The van der Waals surface area contributed by atoms with Crippen LogP contribution in [0.3, 0.4) is 0 Å². The van der Waals surface area contributed by atoms with Gasteiger partial charge in [0.05, 0.1) is 25.3 Å². The first kappa shape index (κ1) is 18.5. The molecule has 0 bridgehead atoms. The summed E-state index contributed by atoms with van der Waals surface area (Å²) in [7, 11) is 1.51. The van der Waals surface area contributed by atoms with Crippen molar-refractivity contribution in [1.29, 1.82) is 0 Å². The number of halogens is 1. The van der Waals surface area contributed by atoms with Gasteiger partial charge in [-0.05, 0) is 18.2 Å². The number of nitrogens with zero attached hydrogens (tertiary/aromatic N) is 1. The smallest absolute Gasteiger partial charge is 0.233 e. The van der Waals surface area contributed by atoms with Crippen molar-refractivity contribution in [2.75, 3.05) is 51.8 Å². The van der Waals surface area contributed by atoms with Crippen LogP contribution >= 0.6 is 11.6 Å². The fourth-order valence-electron chi connectivity index (χ4n) is 2.34. The predicted molar refractivity (Wildman–Crippen MR) is 91.5 cm³/mol. The zero-order chi connectivity index (χ0) is 17.4. The van der Waals surface area contributed by atoms with Gasteiger partial charge in [-0.3, -0.25) is 14.5 Å². The van der Waals surface area contributed by atoms with Gasteiger partial charge in [0.1, 0.15) is 12.2 Å². The van der Waals surface area contributed by atoms with Gasteiger partial charge in [-0.1, -0.05) is 11.6 Å². The van der Waals surface area contributed by atoms with Crippen molar-refractivity contribution in [3.05, 3.63) is 23.2 Å². The van der Waals surface area contributed by atoms with Gasteiger partial charge in [0.25, 0.3) is 0 Å². The van der Waals surface area contributed by atoms with Crippen LogP contribution in [0.25, 0.3) is 0 Å². The van der Waals surface area contributed by atoms with Crippen LogP contribution in [0.4, 0.5) is 5.69 Å². The van der Waals surface area contributed by atoms with Gasteiger partial charge in [-0.2, -0.15) is 0 Å². The molecule has 0 unspecified atom stereocenters. The molecule has 0 radical (unpaired) electrons. The van der Waals surface area contributed by atoms with Crippen molar-refractivity contribution < 1.29 is 19.1 Å². The van der Waals surface area contributed by atoms with E-state index in [1.54, 1.807) is 18.2 Å². The molecule has 2 amide bonds. The van der Waals surface area contributed by atoms with Crippen LogP contribution in [0.1, 0.15) is 6.42 Å². The largest absolute Gasteiger partial charge is 0.495 e. The van der Waals surface area contributed by atoms with Crippen molar-refractivity contribution >= 4 is 29.1 Å². The fraction of sp³-hybridized carbons (Fsp3) is 0.500. The van der Waals surface area contributed by atoms with Crippen molar-refractivity contribution in [3.8, 4) is 5.75 Å². The number of nitrogens with one attached hydrogen (secondary N) is 2. The van der Waals surface area contributed by atoms with Crippen molar-refractivity contribution in [1.82, 2.24) is 10.2 Å². The second-order valence-electron chi connectivity index (χ2n) is 5.38. The molecule has 7 nitrogen and oxygen atoms in total. The van der Waals surface area contributed by atoms with E-state index in [9.17, 15) is 9.59 Å². The number of rotatable bonds is 7. The number of anilines is 1. The van der Waals surface area contributed by atoms with Crippen LogP contribution in [0, 0.1) is 0 Å². The number of ether oxygens (including phenoxy) is 2. The van der Waals surface area contributed by atoms with E-state index in [1.807, 2.05) is 0 Å². The molecule has 1 aromatic rings. The molecule has 8 heteroatoms. The van der Waals surface area contributed by atoms with Crippen LogP contribution in [-0.4, -0.2) is 63.2 Å². The molecule has 2 rings (SSSR count). The molecule has 1 fully saturated rings. The number of hydrogen-bond donors (Lipinski definition) is 2. The lowest BCUT2D eigenvalue weighted by atomic mass is 10.3. The molecular formula is C16H22ClN3O4. The number of morpholine rings is 1. The van der Waals surface area contributed by atoms with E-state index < -0.39 is 0 Å². The van der Waals surface area contributed by atoms with E-state index in [-0.39, 0.29) is 18.2 Å². The fourth-order valence-corrected chi connectivity index (χ4v) is 2.59. The lowest BCUT2D eigenvalue weighted by molar-refractivity contribution is -0.126. The number of methoxy groups -OCH3 is 1. The average Bonchev–Trinajstić information content (AvgIpc) is 2.56. The Kier molecular flexibility index (Phi) is 7.30. The highest BCUT2D eigenvalue weighted by Crippen LogP contribution is 2.27. The molecule has 0 atom stereocenters. The third-order valence-corrected chi connectivity index (χ3v) is 3.91. The average molecular weight is 356 g/mol. The van der Waals surface area contributed by atoms with Gasteiger partial charge in [0.2, 0.25) is 11.8 Å². The van der Waals surface area contributed by atoms with Gasteiger partial charge in [0.15, 0.2) is 0 Å². The molecule has 0 saturated carbocycles. The molecule has 0 aromatic heterocycles. The summed E-state index contributed by atoms with van der Waals surface area (Å²) in [6.45, 7) is 4.45. The quantitative estimate of drug-likeness (QED) is 0.717. The summed E-state index contributed by atoms with van der Waals surface area (Å²) in [5, 5.41) is 5.78. The Bertz CT molecular complexity index is 576. The van der Waals surface area contributed by atoms with Crippen molar-refractivity contribution in [2.24, 2.45) is 0 Å². The molecule has 1 aromatic carbocycles. The molecule has 24 heavy (non-hydrogen) atoms. The molecule has 1 aliphatic rings. The van der Waals surface area contributed by atoms with E-state index >= 15 is 0 Å². The van der Waals surface area contributed by atoms with Crippen LogP contribution in [0.2, 0.25) is 5.02 Å². The Hall–Kier alpha value is -1.83. The standard InChI is InChI=1S/C16H22ClN3O4/c1-23-14-3-2-12(10-13(14)17)19-16(22)11-15(21)18-4-5-20-6-8-24-9-7-20/h2-3,10H,4-9,11H2,1H3,(H,18,21)(H,19,22). The first-order chi connectivity index (χ1) is 11.6. The van der Waals surface area contributed by atoms with E-state index in [2.05, 4.69) is 15.5 Å². The zero-order valence-electron chi connectivity index (χ0n) is 13.6. The molecular weight excluding hydrogens is 334 g/mol. The highest BCUT2D eigenvalue weighted by Gasteiger charge is 2.13. The van der Waals surface area contributed by atoms with Gasteiger partial charge in [-0.25, -0.2) is 0 Å². The Morgan fingerprint density at radius 3 is 2.71 bits per heavy atom. The maximum absolute atomic E-state index is 11.9. The minimum absolute atomic E-state index is 0.229. The maximum atomic E-state index is 11.9. The Labute approximate surface area is 146 Å². The summed E-state index contributed by atoms with van der Waals surface area (Å²) < 4.78 is 10.3. The first-order valence-electron chi connectivity index (χ1n) is 7.78. The lowest BCUT2D eigenvalue weighted by Gasteiger charge is -2.26. The highest BCUT2D eigenvalue weighted by molar-refractivity contribution is 6.32. The van der Waals surface area contributed by atoms with E-state index in [1.165, 1.54) is 7.11 Å². The summed E-state index contributed by atoms with van der Waals surface area (Å²) >= 11 is 5.99. The summed E-state index contributed by atoms with van der Waals surface area (Å²) in [6, 6.07) is 4.90. The summed E-state index contributed by atoms with van der Waals surface area (Å²) in [6.07, 6.45) is -0.229. The third kappa shape index (κ3) is 5.99. The number of carbonyl (C=O) groups excluding carboxylic acids is 2. The van der Waals surface area contributed by atoms with Gasteiger partial charge in [0, 0.05) is 31.9 Å². The molecule has 1 aliphatic heterocycles. The number of carbonyl (C=O) groups is 2. The van der Waals surface area contributed by atoms with Gasteiger partial charge in [-0.15, -0.1) is 0 Å². The number of benzene rings is 1. The second-order valence-corrected chi connectivity index (χ2v) is 5.79. The molecule has 2 N–H and O–H groups in total. The van der Waals surface area contributed by atoms with Crippen molar-refractivity contribution in [3.63, 3.8) is 0 Å². The minimum atomic E-state index is -0.389.